The first-order chi connectivity index (χ1) is 10.0. The summed E-state index contributed by atoms with van der Waals surface area (Å²) in [6.45, 7) is 3.58. The molecule has 0 unspecified atom stereocenters. The Kier molecular flexibility index (Phi) is 4.33. The summed E-state index contributed by atoms with van der Waals surface area (Å²) in [5.41, 5.74) is 1.14. The Morgan fingerprint density at radius 1 is 1.19 bits per heavy atom. The molecule has 5 heteroatoms. The van der Waals surface area contributed by atoms with Gasteiger partial charge in [0.25, 0.3) is 0 Å². The van der Waals surface area contributed by atoms with Crippen LogP contribution in [0.4, 0.5) is 5.69 Å². The highest BCUT2D eigenvalue weighted by molar-refractivity contribution is 5.98. The lowest BCUT2D eigenvalue weighted by atomic mass is 10.1. The number of ketones is 1. The Bertz CT molecular complexity index is 694. The molecule has 0 saturated heterocycles. The van der Waals surface area contributed by atoms with Crippen LogP contribution in [0.5, 0.6) is 11.5 Å². The van der Waals surface area contributed by atoms with E-state index in [1.807, 2.05) is 6.92 Å². The van der Waals surface area contributed by atoms with Crippen LogP contribution >= 0.6 is 0 Å². The lowest BCUT2D eigenvalue weighted by molar-refractivity contribution is -0.385. The van der Waals surface area contributed by atoms with Gasteiger partial charge in [0.1, 0.15) is 5.75 Å². The average Bonchev–Trinajstić information content (AvgIpc) is 2.47. The molecule has 0 amide bonds. The summed E-state index contributed by atoms with van der Waals surface area (Å²) in [6, 6.07) is 11.4. The number of nitro benzene ring substituents is 1. The summed E-state index contributed by atoms with van der Waals surface area (Å²) in [5, 5.41) is 11.1. The van der Waals surface area contributed by atoms with Gasteiger partial charge in [-0.1, -0.05) is 25.1 Å². The Balaban J connectivity index is 2.46. The van der Waals surface area contributed by atoms with Crippen LogP contribution in [0.1, 0.15) is 29.3 Å². The Labute approximate surface area is 122 Å². The van der Waals surface area contributed by atoms with E-state index in [2.05, 4.69) is 0 Å². The highest BCUT2D eigenvalue weighted by atomic mass is 16.6. The average molecular weight is 285 g/mol. The zero-order chi connectivity index (χ0) is 15.4. The first-order valence-electron chi connectivity index (χ1n) is 6.58. The third-order valence-corrected chi connectivity index (χ3v) is 3.04. The number of benzene rings is 2. The van der Waals surface area contributed by atoms with Crippen LogP contribution in [0, 0.1) is 17.0 Å². The van der Waals surface area contributed by atoms with Gasteiger partial charge in [0.2, 0.25) is 5.75 Å². The second kappa shape index (κ2) is 6.17. The first kappa shape index (κ1) is 14.7. The maximum Gasteiger partial charge on any atom is 0.311 e. The molecule has 21 heavy (non-hydrogen) atoms. The SMILES string of the molecule is CCC(=O)c1ccccc1Oc1cc(C)ccc1[N+](=O)[O-]. The molecule has 0 heterocycles. The predicted molar refractivity (Wildman–Crippen MR) is 79.0 cm³/mol. The monoisotopic (exact) mass is 285 g/mol. The van der Waals surface area contributed by atoms with E-state index in [9.17, 15) is 14.9 Å². The van der Waals surface area contributed by atoms with Crippen LogP contribution in [0.3, 0.4) is 0 Å². The maximum atomic E-state index is 11.9. The molecule has 0 atom stereocenters. The van der Waals surface area contributed by atoms with E-state index >= 15 is 0 Å². The van der Waals surface area contributed by atoms with Crippen LogP contribution in [-0.4, -0.2) is 10.7 Å². The summed E-state index contributed by atoms with van der Waals surface area (Å²) in [7, 11) is 0. The highest BCUT2D eigenvalue weighted by Crippen LogP contribution is 2.33. The molecule has 0 radical (unpaired) electrons. The van der Waals surface area contributed by atoms with Gasteiger partial charge in [0.05, 0.1) is 10.5 Å². The number of rotatable bonds is 5. The van der Waals surface area contributed by atoms with E-state index in [0.29, 0.717) is 17.7 Å². The standard InChI is InChI=1S/C16H15NO4/c1-3-14(18)12-6-4-5-7-15(12)21-16-10-11(2)8-9-13(16)17(19)20/h4-10H,3H2,1-2H3. The van der Waals surface area contributed by atoms with Crippen molar-refractivity contribution >= 4 is 11.5 Å². The maximum absolute atomic E-state index is 11.9. The van der Waals surface area contributed by atoms with Gasteiger partial charge < -0.3 is 4.74 Å². The topological polar surface area (TPSA) is 69.4 Å². The highest BCUT2D eigenvalue weighted by Gasteiger charge is 2.18. The van der Waals surface area contributed by atoms with Crippen LogP contribution in [0.25, 0.3) is 0 Å². The van der Waals surface area contributed by atoms with Gasteiger partial charge >= 0.3 is 5.69 Å². The molecule has 0 saturated carbocycles. The van der Waals surface area contributed by atoms with Crippen molar-refractivity contribution < 1.29 is 14.5 Å². The number of ether oxygens (including phenoxy) is 1. The fourth-order valence-corrected chi connectivity index (χ4v) is 1.95. The number of hydrogen-bond donors (Lipinski definition) is 0. The second-order valence-corrected chi connectivity index (χ2v) is 4.60. The largest absolute Gasteiger partial charge is 0.449 e. The van der Waals surface area contributed by atoms with Crippen molar-refractivity contribution in [1.29, 1.82) is 0 Å². The normalized spacial score (nSPS) is 10.2. The minimum absolute atomic E-state index is 0.0686. The molecule has 0 aliphatic carbocycles. The van der Waals surface area contributed by atoms with E-state index in [4.69, 9.17) is 4.74 Å². The zero-order valence-electron chi connectivity index (χ0n) is 11.8. The van der Waals surface area contributed by atoms with Crippen molar-refractivity contribution in [2.24, 2.45) is 0 Å². The molecule has 2 aromatic carbocycles. The molecule has 0 fully saturated rings. The predicted octanol–water partition coefficient (Wildman–Crippen LogP) is 4.29. The third kappa shape index (κ3) is 3.25. The number of para-hydroxylation sites is 1. The van der Waals surface area contributed by atoms with Crippen molar-refractivity contribution in [3.63, 3.8) is 0 Å². The molecular formula is C16H15NO4. The van der Waals surface area contributed by atoms with Crippen LogP contribution in [0.2, 0.25) is 0 Å². The minimum atomic E-state index is -0.501. The number of carbonyl (C=O) groups excluding carboxylic acids is 1. The summed E-state index contributed by atoms with van der Waals surface area (Å²) < 4.78 is 5.64. The van der Waals surface area contributed by atoms with Crippen molar-refractivity contribution in [3.05, 3.63) is 63.7 Å². The van der Waals surface area contributed by atoms with Gasteiger partial charge in [-0.15, -0.1) is 0 Å². The minimum Gasteiger partial charge on any atom is -0.449 e. The summed E-state index contributed by atoms with van der Waals surface area (Å²) in [5.74, 6) is 0.398. The molecule has 2 aromatic rings. The number of nitro groups is 1. The summed E-state index contributed by atoms with van der Waals surface area (Å²) >= 11 is 0. The van der Waals surface area contributed by atoms with E-state index < -0.39 is 4.92 Å². The van der Waals surface area contributed by atoms with E-state index in [-0.39, 0.29) is 17.2 Å². The lowest BCUT2D eigenvalue weighted by Gasteiger charge is -2.10. The van der Waals surface area contributed by atoms with E-state index in [0.717, 1.165) is 5.56 Å². The quantitative estimate of drug-likeness (QED) is 0.467. The van der Waals surface area contributed by atoms with Gasteiger partial charge in [-0.3, -0.25) is 14.9 Å². The molecule has 108 valence electrons. The molecule has 5 nitrogen and oxygen atoms in total. The number of hydrogen-bond acceptors (Lipinski definition) is 4. The van der Waals surface area contributed by atoms with Gasteiger partial charge in [-0.05, 0) is 30.7 Å². The molecule has 2 rings (SSSR count). The Hall–Kier alpha value is -2.69. The lowest BCUT2D eigenvalue weighted by Crippen LogP contribution is -2.01. The van der Waals surface area contributed by atoms with Gasteiger partial charge in [0.15, 0.2) is 5.78 Å². The Morgan fingerprint density at radius 3 is 2.57 bits per heavy atom. The second-order valence-electron chi connectivity index (χ2n) is 4.60. The van der Waals surface area contributed by atoms with Crippen LogP contribution in [-0.2, 0) is 0 Å². The number of nitrogens with zero attached hydrogens (tertiary/aromatic N) is 1. The van der Waals surface area contributed by atoms with Crippen molar-refractivity contribution in [3.8, 4) is 11.5 Å². The fourth-order valence-electron chi connectivity index (χ4n) is 1.95. The van der Waals surface area contributed by atoms with Crippen LogP contribution in [0.15, 0.2) is 42.5 Å². The van der Waals surface area contributed by atoms with Gasteiger partial charge in [0, 0.05) is 12.5 Å². The smallest absolute Gasteiger partial charge is 0.311 e. The van der Waals surface area contributed by atoms with Gasteiger partial charge in [-0.25, -0.2) is 0 Å². The zero-order valence-corrected chi connectivity index (χ0v) is 11.8. The third-order valence-electron chi connectivity index (χ3n) is 3.04. The van der Waals surface area contributed by atoms with Crippen molar-refractivity contribution in [2.75, 3.05) is 0 Å². The number of Topliss-reactive ketones (excluding diaryl/α,β-unsaturated/α-hetero) is 1. The summed E-state index contributed by atoms with van der Waals surface area (Å²) in [4.78, 5) is 22.5. The van der Waals surface area contributed by atoms with Crippen molar-refractivity contribution in [2.45, 2.75) is 20.3 Å². The number of carbonyl (C=O) groups is 1. The van der Waals surface area contributed by atoms with Crippen LogP contribution < -0.4 is 4.74 Å². The molecule has 0 aromatic heterocycles. The van der Waals surface area contributed by atoms with E-state index in [1.54, 1.807) is 43.3 Å². The molecule has 0 aliphatic heterocycles. The Morgan fingerprint density at radius 2 is 1.90 bits per heavy atom. The first-order valence-corrected chi connectivity index (χ1v) is 6.58. The molecule has 0 spiro atoms. The molecule has 0 bridgehead atoms. The molecular weight excluding hydrogens is 270 g/mol. The van der Waals surface area contributed by atoms with Gasteiger partial charge in [-0.2, -0.15) is 0 Å². The fraction of sp³-hybridized carbons (Fsp3) is 0.188. The number of aryl methyl sites for hydroxylation is 1. The molecule has 0 N–H and O–H groups in total. The van der Waals surface area contributed by atoms with Crippen molar-refractivity contribution in [1.82, 2.24) is 0 Å². The molecule has 0 aliphatic rings. The summed E-state index contributed by atoms with van der Waals surface area (Å²) in [6.07, 6.45) is 0.344. The van der Waals surface area contributed by atoms with E-state index in [1.165, 1.54) is 6.07 Å².